The number of benzene rings is 3. The molecular weight excluding hydrogens is 926 g/mol. The van der Waals surface area contributed by atoms with E-state index in [0.29, 0.717) is 44.9 Å². The van der Waals surface area contributed by atoms with Gasteiger partial charge in [0, 0.05) is 27.7 Å². The van der Waals surface area contributed by atoms with Gasteiger partial charge in [0.05, 0.1) is 44.1 Å². The van der Waals surface area contributed by atoms with Crippen LogP contribution >= 0.6 is 10.5 Å². The average Bonchev–Trinajstić information content (AvgIpc) is 4.00. The molecule has 0 spiro atoms. The van der Waals surface area contributed by atoms with Crippen molar-refractivity contribution in [3.8, 4) is 4.90 Å². The van der Waals surface area contributed by atoms with E-state index in [2.05, 4.69) is 83.6 Å². The third kappa shape index (κ3) is 9.78. The number of carbonyl (C=O) groups is 4. The molecule has 4 saturated carbocycles. The van der Waals surface area contributed by atoms with E-state index in [1.54, 1.807) is 13.8 Å². The van der Waals surface area contributed by atoms with Crippen LogP contribution in [0.3, 0.4) is 0 Å². The van der Waals surface area contributed by atoms with E-state index in [9.17, 15) is 45.3 Å². The lowest BCUT2D eigenvalue weighted by atomic mass is 9.48. The van der Waals surface area contributed by atoms with Gasteiger partial charge in [-0.1, -0.05) is 56.3 Å². The number of alkyl halides is 3. The summed E-state index contributed by atoms with van der Waals surface area (Å²) in [5.74, 6) is -4.04. The largest absolute Gasteiger partial charge is 0.748 e. The number of halogens is 3. The van der Waals surface area contributed by atoms with Crippen LogP contribution in [0, 0.1) is 34.0 Å². The molecule has 3 saturated heterocycles. The molecule has 68 heavy (non-hydrogen) atoms. The van der Waals surface area contributed by atoms with E-state index < -0.39 is 74.1 Å². The van der Waals surface area contributed by atoms with Crippen molar-refractivity contribution in [3.63, 3.8) is 0 Å². The highest BCUT2D eigenvalue weighted by Crippen LogP contribution is 2.64. The molecular formula is C51H59F3O12S2. The summed E-state index contributed by atoms with van der Waals surface area (Å²) in [4.78, 5) is 50.7. The van der Waals surface area contributed by atoms with Gasteiger partial charge in [-0.3, -0.25) is 19.2 Å². The third-order valence-corrected chi connectivity index (χ3v) is 18.1. The summed E-state index contributed by atoms with van der Waals surface area (Å²) in [6, 6.07) is 28.4. The lowest BCUT2D eigenvalue weighted by Crippen LogP contribution is -2.61. The molecule has 7 aliphatic rings. The van der Waals surface area contributed by atoms with Gasteiger partial charge in [-0.05, 0) is 127 Å². The lowest BCUT2D eigenvalue weighted by Gasteiger charge is -2.60. The summed E-state index contributed by atoms with van der Waals surface area (Å²) in [6.45, 7) is 11.0. The smallest absolute Gasteiger partial charge is 0.426 e. The first-order valence-corrected chi connectivity index (χ1v) is 26.2. The first-order valence-electron chi connectivity index (χ1n) is 23.4. The fourth-order valence-electron chi connectivity index (χ4n) is 11.1. The molecule has 8 unspecified atom stereocenters. The van der Waals surface area contributed by atoms with Gasteiger partial charge in [-0.2, -0.15) is 13.2 Å². The molecule has 7 fully saturated rings. The van der Waals surface area contributed by atoms with Gasteiger partial charge in [-0.15, -0.1) is 0 Å². The minimum Gasteiger partial charge on any atom is -0.748 e. The fraction of sp³-hybridized carbons (Fsp3) is 0.569. The second-order valence-electron chi connectivity index (χ2n) is 20.8. The molecule has 4 heterocycles. The summed E-state index contributed by atoms with van der Waals surface area (Å²) >= 11 is 0. The predicted octanol–water partition coefficient (Wildman–Crippen LogP) is 10.1. The number of fused-ring (bicyclic) bond motifs is 4. The maximum Gasteiger partial charge on any atom is 0.426 e. The zero-order valence-electron chi connectivity index (χ0n) is 39.0. The molecule has 4 aromatic rings. The number of esters is 4. The first kappa shape index (κ1) is 49.8. The van der Waals surface area contributed by atoms with Crippen LogP contribution in [0.25, 0.3) is 25.1 Å². The Labute approximate surface area is 397 Å². The van der Waals surface area contributed by atoms with Gasteiger partial charge in [0.1, 0.15) is 11.7 Å². The molecule has 3 aliphatic heterocycles. The van der Waals surface area contributed by atoms with Crippen LogP contribution < -0.4 is 0 Å². The maximum atomic E-state index is 13.3. The van der Waals surface area contributed by atoms with Crippen LogP contribution in [-0.2, 0) is 53.0 Å². The molecule has 6 bridgehead atoms. The summed E-state index contributed by atoms with van der Waals surface area (Å²) in [5.41, 5.74) is -3.47. The van der Waals surface area contributed by atoms with Crippen LogP contribution in [0.15, 0.2) is 78.9 Å². The van der Waals surface area contributed by atoms with E-state index in [1.165, 1.54) is 25.1 Å². The van der Waals surface area contributed by atoms with Crippen molar-refractivity contribution < 1.29 is 69.0 Å². The average molecular weight is 985 g/mol. The fourth-order valence-corrected chi connectivity index (χ4v) is 14.2. The first-order chi connectivity index (χ1) is 31.9. The minimum atomic E-state index is -5.27. The molecule has 4 aliphatic carbocycles. The molecule has 11 rings (SSSR count). The van der Waals surface area contributed by atoms with Crippen LogP contribution in [0.5, 0.6) is 0 Å². The zero-order valence-corrected chi connectivity index (χ0v) is 40.7. The van der Waals surface area contributed by atoms with Crippen molar-refractivity contribution in [1.82, 2.24) is 0 Å². The Balaban J connectivity index is 0.000000145. The van der Waals surface area contributed by atoms with Gasteiger partial charge >= 0.3 is 30.1 Å². The standard InChI is InChI=1S/C20H29F3O7S.C18H13S.C13H18O5/c1-4-17(2,3)15(24)30-19-8-12-5-13(9-19)7-18(6-12,11-19)16(25)29-14(20(21,22)23)10-31(26,27)28;1-2-8-14(9-3-1)19-17-12-6-4-10-15(17)16-11-5-7-13-18(16)19;1-4-13(2,3)12(15)18-9-7-5-6-8(16-7)10(9)17-11(6)14/h12-14H,4-11H2,1-3H3,(H,26,27,28);1-13H;6-10H,4-5H2,1-3H3/q;+1;/p-1. The molecule has 1 aromatic heterocycles. The summed E-state index contributed by atoms with van der Waals surface area (Å²) in [5, 5.41) is 2.79. The van der Waals surface area contributed by atoms with E-state index in [-0.39, 0.29) is 58.8 Å². The Morgan fingerprint density at radius 2 is 1.34 bits per heavy atom. The Hall–Kier alpha value is -4.58. The third-order valence-electron chi connectivity index (χ3n) is 15.1. The molecule has 368 valence electrons. The van der Waals surface area contributed by atoms with Crippen molar-refractivity contribution in [1.29, 1.82) is 0 Å². The number of hydrogen-bond donors (Lipinski definition) is 0. The van der Waals surface area contributed by atoms with Crippen molar-refractivity contribution >= 4 is 64.6 Å². The summed E-state index contributed by atoms with van der Waals surface area (Å²) in [7, 11) is -5.21. The second-order valence-corrected chi connectivity index (χ2v) is 24.2. The maximum absolute atomic E-state index is 13.3. The summed E-state index contributed by atoms with van der Waals surface area (Å²) in [6.07, 6.45) is -5.01. The summed E-state index contributed by atoms with van der Waals surface area (Å²) < 4.78 is 102. The second kappa shape index (κ2) is 18.3. The lowest BCUT2D eigenvalue weighted by molar-refractivity contribution is -0.239. The highest BCUT2D eigenvalue weighted by Gasteiger charge is 2.66. The van der Waals surface area contributed by atoms with E-state index in [1.807, 2.05) is 27.7 Å². The Bertz CT molecular complexity index is 2610. The van der Waals surface area contributed by atoms with Gasteiger partial charge < -0.3 is 28.2 Å². The van der Waals surface area contributed by atoms with Crippen LogP contribution in [0.1, 0.15) is 99.3 Å². The normalized spacial score (nSPS) is 29.4. The van der Waals surface area contributed by atoms with Gasteiger partial charge in [0.15, 0.2) is 26.5 Å². The topological polar surface area (TPSA) is 172 Å². The van der Waals surface area contributed by atoms with E-state index in [4.69, 9.17) is 18.9 Å². The number of carbonyl (C=O) groups excluding carboxylic acids is 4. The molecule has 8 atom stereocenters. The quantitative estimate of drug-likeness (QED) is 0.0604. The number of ether oxygens (including phenoxy) is 5. The Morgan fingerprint density at radius 1 is 0.794 bits per heavy atom. The van der Waals surface area contributed by atoms with Crippen LogP contribution in [-0.4, -0.2) is 84.9 Å². The van der Waals surface area contributed by atoms with Crippen LogP contribution in [0.2, 0.25) is 0 Å². The van der Waals surface area contributed by atoms with Crippen LogP contribution in [0.4, 0.5) is 13.2 Å². The Kier molecular flexibility index (Phi) is 13.4. The SMILES string of the molecule is CCC(C)(C)C(=O)OC12CC3CC(C1)CC(C(=O)OC(CS(=O)(=O)[O-])C(F)(F)F)(C3)C2.CCC(C)(C)C(=O)OC1C2CC3C(=O)OC1C3O2.c1ccc(-[s+]2c3ccccc3c3ccccc32)cc1. The van der Waals surface area contributed by atoms with Crippen molar-refractivity contribution in [3.05, 3.63) is 78.9 Å². The number of thiophene rings is 1. The minimum absolute atomic E-state index is 0.00100. The number of rotatable bonds is 11. The van der Waals surface area contributed by atoms with Gasteiger partial charge in [-0.25, -0.2) is 8.42 Å². The number of hydrogen-bond acceptors (Lipinski definition) is 12. The predicted molar refractivity (Wildman–Crippen MR) is 246 cm³/mol. The van der Waals surface area contributed by atoms with Gasteiger partial charge in [0.2, 0.25) is 6.10 Å². The van der Waals surface area contributed by atoms with Crippen molar-refractivity contribution in [2.45, 2.75) is 142 Å². The van der Waals surface area contributed by atoms with E-state index in [0.717, 1.165) is 6.42 Å². The molecule has 17 heteroatoms. The molecule has 12 nitrogen and oxygen atoms in total. The zero-order chi connectivity index (χ0) is 49.2. The highest BCUT2D eigenvalue weighted by atomic mass is 32.2. The molecule has 0 N–H and O–H groups in total. The molecule has 3 aromatic carbocycles. The highest BCUT2D eigenvalue weighted by molar-refractivity contribution is 7.85. The van der Waals surface area contributed by atoms with Gasteiger partial charge in [0.25, 0.3) is 0 Å². The van der Waals surface area contributed by atoms with Crippen molar-refractivity contribution in [2.24, 2.45) is 34.0 Å². The van der Waals surface area contributed by atoms with Crippen molar-refractivity contribution in [2.75, 3.05) is 5.75 Å². The van der Waals surface area contributed by atoms with E-state index >= 15 is 0 Å². The Morgan fingerprint density at radius 3 is 1.88 bits per heavy atom. The monoisotopic (exact) mass is 984 g/mol. The molecule has 0 amide bonds. The molecule has 0 radical (unpaired) electrons.